The number of allylic oxidation sites excluding steroid dienone is 3. The van der Waals surface area contributed by atoms with Crippen molar-refractivity contribution in [3.63, 3.8) is 0 Å². The molecule has 3 rings (SSSR count). The quantitative estimate of drug-likeness (QED) is 0.722. The van der Waals surface area contributed by atoms with Crippen LogP contribution in [-0.2, 0) is 0 Å². The number of rotatable bonds is 0. The number of aliphatic hydroxyl groups is 1. The number of aliphatic hydroxyl groups excluding tert-OH is 1. The Kier molecular flexibility index (Phi) is 2.08. The molecule has 0 saturated carbocycles. The number of fused-ring (bicyclic) bond motifs is 1. The standard InChI is InChI=1S/C12H11NOS/c14-10-4-3-9-5-7-13-6-1-2-12(13)15-11(9)8-10/h1-7,10,14H,8H2. The van der Waals surface area contributed by atoms with E-state index >= 15 is 0 Å². The number of nitrogens with zero attached hydrogens (tertiary/aromatic N) is 1. The molecule has 1 N–H and O–H groups in total. The number of hydrogen-bond acceptors (Lipinski definition) is 2. The molecular formula is C12H11NOS. The van der Waals surface area contributed by atoms with E-state index in [-0.39, 0.29) is 6.10 Å². The summed E-state index contributed by atoms with van der Waals surface area (Å²) in [4.78, 5) is 1.25. The van der Waals surface area contributed by atoms with Gasteiger partial charge in [0.15, 0.2) is 0 Å². The summed E-state index contributed by atoms with van der Waals surface area (Å²) in [6.07, 6.45) is 10.5. The van der Waals surface area contributed by atoms with Crippen molar-refractivity contribution in [3.05, 3.63) is 47.0 Å². The molecule has 1 aromatic heterocycles. The third kappa shape index (κ3) is 1.58. The Morgan fingerprint density at radius 1 is 1.40 bits per heavy atom. The van der Waals surface area contributed by atoms with Crippen molar-refractivity contribution in [1.82, 2.24) is 4.57 Å². The highest BCUT2D eigenvalue weighted by atomic mass is 32.2. The zero-order valence-corrected chi connectivity index (χ0v) is 8.95. The van der Waals surface area contributed by atoms with E-state index in [9.17, 15) is 5.11 Å². The molecule has 1 unspecified atom stereocenters. The van der Waals surface area contributed by atoms with Crippen LogP contribution in [0, 0.1) is 0 Å². The maximum Gasteiger partial charge on any atom is 0.0834 e. The van der Waals surface area contributed by atoms with E-state index in [0.717, 1.165) is 6.42 Å². The van der Waals surface area contributed by atoms with Crippen molar-refractivity contribution in [2.24, 2.45) is 0 Å². The third-order valence-electron chi connectivity index (χ3n) is 2.60. The second-order valence-electron chi connectivity index (χ2n) is 3.68. The molecule has 76 valence electrons. The van der Waals surface area contributed by atoms with E-state index in [0.29, 0.717) is 0 Å². The zero-order chi connectivity index (χ0) is 10.3. The van der Waals surface area contributed by atoms with Crippen molar-refractivity contribution in [1.29, 1.82) is 0 Å². The van der Waals surface area contributed by atoms with Gasteiger partial charge in [0.2, 0.25) is 0 Å². The van der Waals surface area contributed by atoms with Crippen LogP contribution in [0.5, 0.6) is 0 Å². The van der Waals surface area contributed by atoms with E-state index < -0.39 is 0 Å². The van der Waals surface area contributed by atoms with E-state index in [1.54, 1.807) is 11.8 Å². The average molecular weight is 217 g/mol. The molecule has 2 heterocycles. The first kappa shape index (κ1) is 9.07. The molecule has 1 atom stereocenters. The first-order valence-electron chi connectivity index (χ1n) is 4.95. The lowest BCUT2D eigenvalue weighted by molar-refractivity contribution is 0.224. The van der Waals surface area contributed by atoms with Crippen LogP contribution >= 0.6 is 11.8 Å². The molecule has 0 spiro atoms. The number of aromatic nitrogens is 1. The molecule has 1 aliphatic heterocycles. The fourth-order valence-corrected chi connectivity index (χ4v) is 2.94. The summed E-state index contributed by atoms with van der Waals surface area (Å²) in [6, 6.07) is 4.13. The lowest BCUT2D eigenvalue weighted by atomic mass is 10.0. The molecule has 1 aromatic rings. The van der Waals surface area contributed by atoms with Gasteiger partial charge in [0.1, 0.15) is 0 Å². The molecule has 1 aliphatic carbocycles. The molecule has 3 heteroatoms. The van der Waals surface area contributed by atoms with Crippen LogP contribution in [0.3, 0.4) is 0 Å². The lowest BCUT2D eigenvalue weighted by Gasteiger charge is -2.15. The van der Waals surface area contributed by atoms with Gasteiger partial charge in [0.25, 0.3) is 0 Å². The lowest BCUT2D eigenvalue weighted by Crippen LogP contribution is -2.07. The van der Waals surface area contributed by atoms with Crippen molar-refractivity contribution in [2.45, 2.75) is 17.6 Å². The summed E-state index contributed by atoms with van der Waals surface area (Å²) < 4.78 is 2.10. The summed E-state index contributed by atoms with van der Waals surface area (Å²) in [5.74, 6) is 0. The van der Waals surface area contributed by atoms with Crippen LogP contribution in [0.4, 0.5) is 0 Å². The molecule has 0 aromatic carbocycles. The molecule has 0 bridgehead atoms. The van der Waals surface area contributed by atoms with Crippen LogP contribution in [0.1, 0.15) is 6.42 Å². The Morgan fingerprint density at radius 3 is 3.27 bits per heavy atom. The normalized spacial score (nSPS) is 23.7. The number of hydrogen-bond donors (Lipinski definition) is 1. The SMILES string of the molecule is OC1C=CC2=C(C1)Sc1cccn1C=C2. The minimum atomic E-state index is -0.328. The van der Waals surface area contributed by atoms with Gasteiger partial charge in [-0.2, -0.15) is 0 Å². The Hall–Kier alpha value is -1.19. The van der Waals surface area contributed by atoms with Crippen molar-refractivity contribution in [3.8, 4) is 0 Å². The highest BCUT2D eigenvalue weighted by molar-refractivity contribution is 8.03. The van der Waals surface area contributed by atoms with Gasteiger partial charge in [0, 0.05) is 23.7 Å². The zero-order valence-electron chi connectivity index (χ0n) is 8.13. The van der Waals surface area contributed by atoms with Gasteiger partial charge in [-0.25, -0.2) is 0 Å². The summed E-state index contributed by atoms with van der Waals surface area (Å²) in [5.41, 5.74) is 1.22. The van der Waals surface area contributed by atoms with Crippen LogP contribution in [0.2, 0.25) is 0 Å². The Labute approximate surface area is 92.6 Å². The minimum absolute atomic E-state index is 0.328. The van der Waals surface area contributed by atoms with E-state index in [1.165, 1.54) is 15.5 Å². The predicted octanol–water partition coefficient (Wildman–Crippen LogP) is 2.64. The molecule has 2 nitrogen and oxygen atoms in total. The van der Waals surface area contributed by atoms with Crippen molar-refractivity contribution in [2.75, 3.05) is 0 Å². The monoisotopic (exact) mass is 217 g/mol. The summed E-state index contributed by atoms with van der Waals surface area (Å²) in [5, 5.41) is 10.8. The molecule has 0 radical (unpaired) electrons. The maximum atomic E-state index is 9.57. The van der Waals surface area contributed by atoms with E-state index in [4.69, 9.17) is 0 Å². The fraction of sp³-hybridized carbons (Fsp3) is 0.167. The molecule has 0 amide bonds. The summed E-state index contributed by atoms with van der Waals surface area (Å²) in [6.45, 7) is 0. The molecule has 0 fully saturated rings. The van der Waals surface area contributed by atoms with Crippen LogP contribution in [0.25, 0.3) is 6.20 Å². The third-order valence-corrected chi connectivity index (χ3v) is 3.80. The number of thioether (sulfide) groups is 1. The fourth-order valence-electron chi connectivity index (χ4n) is 1.81. The Balaban J connectivity index is 2.04. The Bertz CT molecular complexity index is 482. The Morgan fingerprint density at radius 2 is 2.33 bits per heavy atom. The average Bonchev–Trinajstić information content (AvgIpc) is 2.58. The smallest absolute Gasteiger partial charge is 0.0834 e. The second-order valence-corrected chi connectivity index (χ2v) is 4.80. The van der Waals surface area contributed by atoms with Gasteiger partial charge < -0.3 is 9.67 Å². The predicted molar refractivity (Wildman–Crippen MR) is 62.4 cm³/mol. The largest absolute Gasteiger partial charge is 0.389 e. The first-order valence-corrected chi connectivity index (χ1v) is 5.77. The van der Waals surface area contributed by atoms with Gasteiger partial charge in [-0.1, -0.05) is 23.9 Å². The molecule has 15 heavy (non-hydrogen) atoms. The minimum Gasteiger partial charge on any atom is -0.389 e. The molecule has 0 saturated heterocycles. The first-order chi connectivity index (χ1) is 7.33. The summed E-state index contributed by atoms with van der Waals surface area (Å²) in [7, 11) is 0. The van der Waals surface area contributed by atoms with E-state index in [1.807, 2.05) is 24.4 Å². The summed E-state index contributed by atoms with van der Waals surface area (Å²) >= 11 is 1.74. The second kappa shape index (κ2) is 3.43. The van der Waals surface area contributed by atoms with Crippen LogP contribution < -0.4 is 0 Å². The van der Waals surface area contributed by atoms with Gasteiger partial charge in [-0.05, 0) is 23.8 Å². The van der Waals surface area contributed by atoms with Gasteiger partial charge in [-0.15, -0.1) is 0 Å². The van der Waals surface area contributed by atoms with Crippen molar-refractivity contribution < 1.29 is 5.11 Å². The highest BCUT2D eigenvalue weighted by Crippen LogP contribution is 2.37. The highest BCUT2D eigenvalue weighted by Gasteiger charge is 2.17. The van der Waals surface area contributed by atoms with Gasteiger partial charge in [-0.3, -0.25) is 0 Å². The van der Waals surface area contributed by atoms with Crippen LogP contribution in [-0.4, -0.2) is 15.8 Å². The topological polar surface area (TPSA) is 25.2 Å². The van der Waals surface area contributed by atoms with Crippen LogP contribution in [0.15, 0.2) is 52.1 Å². The molecule has 2 aliphatic rings. The van der Waals surface area contributed by atoms with Crippen molar-refractivity contribution >= 4 is 18.0 Å². The van der Waals surface area contributed by atoms with Gasteiger partial charge >= 0.3 is 0 Å². The maximum absolute atomic E-state index is 9.57. The molecular weight excluding hydrogens is 206 g/mol. The van der Waals surface area contributed by atoms with E-state index in [2.05, 4.69) is 22.9 Å². The van der Waals surface area contributed by atoms with Gasteiger partial charge in [0.05, 0.1) is 11.1 Å².